The van der Waals surface area contributed by atoms with Gasteiger partial charge in [-0.15, -0.1) is 10.2 Å². The zero-order chi connectivity index (χ0) is 16.9. The number of halogens is 1. The van der Waals surface area contributed by atoms with Crippen LogP contribution < -0.4 is 5.32 Å². The molecule has 1 amide bonds. The fourth-order valence-electron chi connectivity index (χ4n) is 2.77. The number of carbonyl (C=O) groups is 1. The van der Waals surface area contributed by atoms with Crippen LogP contribution in [0.25, 0.3) is 11.5 Å². The SMILES string of the molecule is C[C@@H](Sc1nnc(-c2cccc(Br)c2)o1)C(=O)NC1CCCCC1. The second-order valence-electron chi connectivity index (χ2n) is 5.99. The maximum atomic E-state index is 12.3. The molecule has 1 aliphatic carbocycles. The molecule has 2 aromatic rings. The molecular formula is C17H20BrN3O2S. The van der Waals surface area contributed by atoms with Crippen LogP contribution in [-0.2, 0) is 4.79 Å². The first-order valence-corrected chi connectivity index (χ1v) is 9.85. The zero-order valence-corrected chi connectivity index (χ0v) is 15.9. The summed E-state index contributed by atoms with van der Waals surface area (Å²) in [6.07, 6.45) is 5.84. The lowest BCUT2D eigenvalue weighted by atomic mass is 9.95. The molecule has 7 heteroatoms. The molecule has 3 rings (SSSR count). The number of amides is 1. The maximum absolute atomic E-state index is 12.3. The number of aromatic nitrogens is 2. The van der Waals surface area contributed by atoms with Crippen LogP contribution in [0.3, 0.4) is 0 Å². The molecule has 1 aromatic heterocycles. The van der Waals surface area contributed by atoms with Gasteiger partial charge in [-0.2, -0.15) is 0 Å². The number of benzene rings is 1. The summed E-state index contributed by atoms with van der Waals surface area (Å²) in [4.78, 5) is 12.3. The van der Waals surface area contributed by atoms with Crippen molar-refractivity contribution in [1.29, 1.82) is 0 Å². The van der Waals surface area contributed by atoms with Crippen LogP contribution in [0.2, 0.25) is 0 Å². The lowest BCUT2D eigenvalue weighted by molar-refractivity contribution is -0.121. The Kier molecular flexibility index (Phi) is 5.94. The average Bonchev–Trinajstić information content (AvgIpc) is 3.04. The molecule has 1 aliphatic rings. The Bertz CT molecular complexity index is 701. The van der Waals surface area contributed by atoms with Gasteiger partial charge in [0.1, 0.15) is 0 Å². The maximum Gasteiger partial charge on any atom is 0.277 e. The highest BCUT2D eigenvalue weighted by molar-refractivity contribution is 9.10. The van der Waals surface area contributed by atoms with Gasteiger partial charge >= 0.3 is 0 Å². The van der Waals surface area contributed by atoms with Crippen molar-refractivity contribution in [1.82, 2.24) is 15.5 Å². The van der Waals surface area contributed by atoms with Gasteiger partial charge in [-0.3, -0.25) is 4.79 Å². The molecule has 24 heavy (non-hydrogen) atoms. The van der Waals surface area contributed by atoms with Crippen LogP contribution in [0.1, 0.15) is 39.0 Å². The number of thioether (sulfide) groups is 1. The van der Waals surface area contributed by atoms with Crippen molar-refractivity contribution in [2.75, 3.05) is 0 Å². The first-order chi connectivity index (χ1) is 11.6. The third kappa shape index (κ3) is 4.60. The molecule has 0 radical (unpaired) electrons. The van der Waals surface area contributed by atoms with Gasteiger partial charge < -0.3 is 9.73 Å². The first kappa shape index (κ1) is 17.5. The summed E-state index contributed by atoms with van der Waals surface area (Å²) >= 11 is 4.72. The Labute approximate surface area is 154 Å². The van der Waals surface area contributed by atoms with E-state index in [2.05, 4.69) is 31.4 Å². The van der Waals surface area contributed by atoms with Crippen molar-refractivity contribution < 1.29 is 9.21 Å². The predicted molar refractivity (Wildman–Crippen MR) is 97.8 cm³/mol. The zero-order valence-electron chi connectivity index (χ0n) is 13.5. The van der Waals surface area contributed by atoms with E-state index >= 15 is 0 Å². The van der Waals surface area contributed by atoms with Gasteiger partial charge in [-0.1, -0.05) is 53.0 Å². The fourth-order valence-corrected chi connectivity index (χ4v) is 3.86. The molecular weight excluding hydrogens is 390 g/mol. The molecule has 1 atom stereocenters. The molecule has 128 valence electrons. The quantitative estimate of drug-likeness (QED) is 0.739. The van der Waals surface area contributed by atoms with E-state index < -0.39 is 0 Å². The summed E-state index contributed by atoms with van der Waals surface area (Å²) in [7, 11) is 0. The van der Waals surface area contributed by atoms with E-state index in [1.807, 2.05) is 31.2 Å². The molecule has 1 saturated carbocycles. The summed E-state index contributed by atoms with van der Waals surface area (Å²) in [6, 6.07) is 7.99. The van der Waals surface area contributed by atoms with E-state index in [0.717, 1.165) is 22.9 Å². The molecule has 0 spiro atoms. The highest BCUT2D eigenvalue weighted by Gasteiger charge is 2.22. The van der Waals surface area contributed by atoms with Gasteiger partial charge in [0.15, 0.2) is 0 Å². The van der Waals surface area contributed by atoms with Gasteiger partial charge in [-0.25, -0.2) is 0 Å². The summed E-state index contributed by atoms with van der Waals surface area (Å²) in [5.74, 6) is 0.493. The van der Waals surface area contributed by atoms with E-state index in [1.165, 1.54) is 31.0 Å². The predicted octanol–water partition coefficient (Wildman–Crippen LogP) is 4.43. The second-order valence-corrected chi connectivity index (χ2v) is 8.19. The van der Waals surface area contributed by atoms with Gasteiger partial charge in [0, 0.05) is 16.1 Å². The third-order valence-corrected chi connectivity index (χ3v) is 5.50. The normalized spacial score (nSPS) is 16.8. The average molecular weight is 410 g/mol. The number of nitrogens with zero attached hydrogens (tertiary/aromatic N) is 2. The van der Waals surface area contributed by atoms with Crippen molar-refractivity contribution in [2.24, 2.45) is 0 Å². The summed E-state index contributed by atoms with van der Waals surface area (Å²) < 4.78 is 6.63. The van der Waals surface area contributed by atoms with Gasteiger partial charge in [0.2, 0.25) is 11.8 Å². The van der Waals surface area contributed by atoms with Crippen LogP contribution in [0.4, 0.5) is 0 Å². The number of hydrogen-bond acceptors (Lipinski definition) is 5. The molecule has 0 aliphatic heterocycles. The van der Waals surface area contributed by atoms with Crippen LogP contribution in [0.5, 0.6) is 0 Å². The summed E-state index contributed by atoms with van der Waals surface area (Å²) in [5, 5.41) is 11.4. The van der Waals surface area contributed by atoms with E-state index in [-0.39, 0.29) is 11.2 Å². The summed E-state index contributed by atoms with van der Waals surface area (Å²) in [5.41, 5.74) is 0.850. The Balaban J connectivity index is 1.58. The van der Waals surface area contributed by atoms with Crippen LogP contribution >= 0.6 is 27.7 Å². The minimum Gasteiger partial charge on any atom is -0.411 e. The third-order valence-electron chi connectivity index (χ3n) is 4.08. The van der Waals surface area contributed by atoms with Gasteiger partial charge in [0.25, 0.3) is 5.22 Å². The molecule has 0 bridgehead atoms. The Morgan fingerprint density at radius 3 is 2.88 bits per heavy atom. The molecule has 1 N–H and O–H groups in total. The fraction of sp³-hybridized carbons (Fsp3) is 0.471. The molecule has 1 fully saturated rings. The Hall–Kier alpha value is -1.34. The van der Waals surface area contributed by atoms with Crippen LogP contribution in [0, 0.1) is 0 Å². The molecule has 1 aromatic carbocycles. The van der Waals surface area contributed by atoms with Crippen molar-refractivity contribution in [3.8, 4) is 11.5 Å². The van der Waals surface area contributed by atoms with Crippen molar-refractivity contribution >= 4 is 33.6 Å². The smallest absolute Gasteiger partial charge is 0.277 e. The summed E-state index contributed by atoms with van der Waals surface area (Å²) in [6.45, 7) is 1.87. The van der Waals surface area contributed by atoms with E-state index in [4.69, 9.17) is 4.42 Å². The number of hydrogen-bond donors (Lipinski definition) is 1. The molecule has 0 unspecified atom stereocenters. The Morgan fingerprint density at radius 1 is 1.33 bits per heavy atom. The van der Waals surface area contributed by atoms with E-state index in [0.29, 0.717) is 17.2 Å². The molecule has 1 heterocycles. The lowest BCUT2D eigenvalue weighted by Gasteiger charge is -2.23. The van der Waals surface area contributed by atoms with Crippen molar-refractivity contribution in [3.05, 3.63) is 28.7 Å². The number of rotatable bonds is 5. The van der Waals surface area contributed by atoms with E-state index in [1.54, 1.807) is 0 Å². The molecule has 5 nitrogen and oxygen atoms in total. The molecule has 0 saturated heterocycles. The number of carbonyl (C=O) groups excluding carboxylic acids is 1. The van der Waals surface area contributed by atoms with Crippen LogP contribution in [-0.4, -0.2) is 27.4 Å². The van der Waals surface area contributed by atoms with Crippen molar-refractivity contribution in [2.45, 2.75) is 55.5 Å². The van der Waals surface area contributed by atoms with Gasteiger partial charge in [-0.05, 0) is 38.0 Å². The highest BCUT2D eigenvalue weighted by atomic mass is 79.9. The number of nitrogens with one attached hydrogen (secondary N) is 1. The topological polar surface area (TPSA) is 68.0 Å². The Morgan fingerprint density at radius 2 is 2.12 bits per heavy atom. The van der Waals surface area contributed by atoms with Gasteiger partial charge in [0.05, 0.1) is 5.25 Å². The second kappa shape index (κ2) is 8.16. The minimum absolute atomic E-state index is 0.0362. The minimum atomic E-state index is -0.261. The lowest BCUT2D eigenvalue weighted by Crippen LogP contribution is -2.40. The standard InChI is InChI=1S/C17H20BrN3O2S/c1-11(15(22)19-14-8-3-2-4-9-14)24-17-21-20-16(23-17)12-6-5-7-13(18)10-12/h5-7,10-11,14H,2-4,8-9H2,1H3,(H,19,22)/t11-/m1/s1. The largest absolute Gasteiger partial charge is 0.411 e. The van der Waals surface area contributed by atoms with Crippen molar-refractivity contribution in [3.63, 3.8) is 0 Å². The highest BCUT2D eigenvalue weighted by Crippen LogP contribution is 2.28. The van der Waals surface area contributed by atoms with Crippen LogP contribution in [0.15, 0.2) is 38.4 Å². The monoisotopic (exact) mass is 409 g/mol. The first-order valence-electron chi connectivity index (χ1n) is 8.18. The van der Waals surface area contributed by atoms with E-state index in [9.17, 15) is 4.79 Å².